The van der Waals surface area contributed by atoms with Gasteiger partial charge in [0.05, 0.1) is 12.0 Å². The molecule has 0 aliphatic heterocycles. The maximum atomic E-state index is 8.81. The van der Waals surface area contributed by atoms with Gasteiger partial charge in [0.15, 0.2) is 0 Å². The average molecular weight is 192 g/mol. The first-order chi connectivity index (χ1) is 6.86. The Bertz CT molecular complexity index is 225. The molecule has 0 heterocycles. The smallest absolute Gasteiger partial charge is 0.0659 e. The number of aliphatic imine (C=N–C) groups is 1. The van der Waals surface area contributed by atoms with E-state index in [1.807, 2.05) is 0 Å². The van der Waals surface area contributed by atoms with Crippen molar-refractivity contribution < 1.29 is 0 Å². The summed E-state index contributed by atoms with van der Waals surface area (Å²) in [6, 6.07) is 2.35. The van der Waals surface area contributed by atoms with Crippen LogP contribution < -0.4 is 0 Å². The molecule has 0 bridgehead atoms. The molecule has 2 heteroatoms. The zero-order valence-electron chi connectivity index (χ0n) is 9.13. The number of rotatable bonds is 4. The molecule has 1 rings (SSSR count). The monoisotopic (exact) mass is 192 g/mol. The molecule has 0 N–H and O–H groups in total. The summed E-state index contributed by atoms with van der Waals surface area (Å²) in [5.74, 6) is 0.244. The van der Waals surface area contributed by atoms with Crippen molar-refractivity contribution in [2.75, 3.05) is 6.54 Å². The third-order valence-corrected chi connectivity index (χ3v) is 2.78. The van der Waals surface area contributed by atoms with Crippen molar-refractivity contribution in [3.8, 4) is 6.07 Å². The van der Waals surface area contributed by atoms with Gasteiger partial charge in [-0.1, -0.05) is 19.8 Å². The van der Waals surface area contributed by atoms with Gasteiger partial charge in [-0.15, -0.1) is 0 Å². The maximum absolute atomic E-state index is 8.81. The van der Waals surface area contributed by atoms with E-state index in [9.17, 15) is 0 Å². The molecule has 0 saturated heterocycles. The van der Waals surface area contributed by atoms with Crippen LogP contribution in [0.1, 0.15) is 51.9 Å². The van der Waals surface area contributed by atoms with Gasteiger partial charge in [-0.05, 0) is 25.7 Å². The summed E-state index contributed by atoms with van der Waals surface area (Å²) in [6.45, 7) is 3.18. The first-order valence-corrected chi connectivity index (χ1v) is 5.78. The van der Waals surface area contributed by atoms with E-state index in [0.717, 1.165) is 32.2 Å². The van der Waals surface area contributed by atoms with Gasteiger partial charge in [-0.3, -0.25) is 4.99 Å². The second-order valence-corrected chi connectivity index (χ2v) is 4.08. The highest BCUT2D eigenvalue weighted by atomic mass is 14.7. The fraction of sp³-hybridized carbons (Fsp3) is 0.833. The van der Waals surface area contributed by atoms with E-state index in [4.69, 9.17) is 5.26 Å². The van der Waals surface area contributed by atoms with E-state index in [-0.39, 0.29) is 5.92 Å². The molecule has 0 aromatic heterocycles. The van der Waals surface area contributed by atoms with Crippen LogP contribution in [0.5, 0.6) is 0 Å². The topological polar surface area (TPSA) is 36.1 Å². The zero-order valence-corrected chi connectivity index (χ0v) is 9.13. The van der Waals surface area contributed by atoms with Crippen LogP contribution in [0.15, 0.2) is 4.99 Å². The van der Waals surface area contributed by atoms with Gasteiger partial charge in [0.1, 0.15) is 0 Å². The van der Waals surface area contributed by atoms with Crippen LogP contribution in [-0.4, -0.2) is 12.3 Å². The number of nitrogens with zero attached hydrogens (tertiary/aromatic N) is 2. The van der Waals surface area contributed by atoms with Crippen molar-refractivity contribution in [1.29, 1.82) is 5.26 Å². The molecule has 1 unspecified atom stereocenters. The minimum Gasteiger partial charge on any atom is -0.294 e. The Balaban J connectivity index is 2.25. The van der Waals surface area contributed by atoms with Crippen LogP contribution in [-0.2, 0) is 0 Å². The molecule has 78 valence electrons. The molecule has 1 atom stereocenters. The quantitative estimate of drug-likeness (QED) is 0.629. The van der Waals surface area contributed by atoms with Gasteiger partial charge in [0, 0.05) is 18.7 Å². The van der Waals surface area contributed by atoms with Crippen molar-refractivity contribution in [1.82, 2.24) is 0 Å². The summed E-state index contributed by atoms with van der Waals surface area (Å²) in [7, 11) is 0. The van der Waals surface area contributed by atoms with Crippen molar-refractivity contribution in [2.24, 2.45) is 10.9 Å². The summed E-state index contributed by atoms with van der Waals surface area (Å²) in [6.07, 6.45) is 8.03. The Hall–Kier alpha value is -0.840. The van der Waals surface area contributed by atoms with Gasteiger partial charge >= 0.3 is 0 Å². The van der Waals surface area contributed by atoms with E-state index in [0.29, 0.717) is 0 Å². The fourth-order valence-electron chi connectivity index (χ4n) is 1.89. The van der Waals surface area contributed by atoms with Crippen LogP contribution in [0.4, 0.5) is 0 Å². The summed E-state index contributed by atoms with van der Waals surface area (Å²) in [5.41, 5.74) is 1.29. The first-order valence-electron chi connectivity index (χ1n) is 5.78. The SMILES string of the molecule is CCCCCN=C1CCCC(C#N)C1. The Morgan fingerprint density at radius 1 is 1.50 bits per heavy atom. The Labute approximate surface area is 87.0 Å². The Kier molecular flexibility index (Phi) is 5.29. The molecule has 0 radical (unpaired) electrons. The minimum atomic E-state index is 0.244. The highest BCUT2D eigenvalue weighted by Gasteiger charge is 2.16. The van der Waals surface area contributed by atoms with E-state index < -0.39 is 0 Å². The average Bonchev–Trinajstić information content (AvgIpc) is 2.25. The molecular weight excluding hydrogens is 172 g/mol. The van der Waals surface area contributed by atoms with Crippen LogP contribution in [0.3, 0.4) is 0 Å². The standard InChI is InChI=1S/C12H20N2/c1-2-3-4-8-14-12-7-5-6-11(9-12)10-13/h11H,2-9H2,1H3. The molecule has 2 nitrogen and oxygen atoms in total. The summed E-state index contributed by atoms with van der Waals surface area (Å²) < 4.78 is 0. The Morgan fingerprint density at radius 2 is 2.36 bits per heavy atom. The summed E-state index contributed by atoms with van der Waals surface area (Å²) in [5, 5.41) is 8.81. The number of hydrogen-bond acceptors (Lipinski definition) is 2. The van der Waals surface area contributed by atoms with Crippen LogP contribution in [0.25, 0.3) is 0 Å². The number of unbranched alkanes of at least 4 members (excludes halogenated alkanes) is 2. The van der Waals surface area contributed by atoms with E-state index in [1.54, 1.807) is 0 Å². The van der Waals surface area contributed by atoms with Crippen molar-refractivity contribution in [3.05, 3.63) is 0 Å². The molecule has 1 aliphatic rings. The molecule has 1 saturated carbocycles. The highest BCUT2D eigenvalue weighted by Crippen LogP contribution is 2.21. The van der Waals surface area contributed by atoms with Crippen LogP contribution >= 0.6 is 0 Å². The lowest BCUT2D eigenvalue weighted by molar-refractivity contribution is 0.556. The predicted molar refractivity (Wildman–Crippen MR) is 59.4 cm³/mol. The fourth-order valence-corrected chi connectivity index (χ4v) is 1.89. The summed E-state index contributed by atoms with van der Waals surface area (Å²) in [4.78, 5) is 4.58. The molecule has 1 aliphatic carbocycles. The van der Waals surface area contributed by atoms with Gasteiger partial charge in [-0.25, -0.2) is 0 Å². The van der Waals surface area contributed by atoms with Crippen molar-refractivity contribution in [3.63, 3.8) is 0 Å². The van der Waals surface area contributed by atoms with Gasteiger partial charge in [0.25, 0.3) is 0 Å². The Morgan fingerprint density at radius 3 is 3.07 bits per heavy atom. The van der Waals surface area contributed by atoms with E-state index in [2.05, 4.69) is 18.0 Å². The molecule has 1 fully saturated rings. The lowest BCUT2D eigenvalue weighted by atomic mass is 9.89. The van der Waals surface area contributed by atoms with Crippen LogP contribution in [0, 0.1) is 17.2 Å². The molecular formula is C12H20N2. The second kappa shape index (κ2) is 6.59. The molecule has 0 aromatic rings. The van der Waals surface area contributed by atoms with Gasteiger partial charge < -0.3 is 0 Å². The van der Waals surface area contributed by atoms with Crippen LogP contribution in [0.2, 0.25) is 0 Å². The molecule has 0 spiro atoms. The molecule has 0 amide bonds. The van der Waals surface area contributed by atoms with Crippen molar-refractivity contribution in [2.45, 2.75) is 51.9 Å². The summed E-state index contributed by atoms with van der Waals surface area (Å²) >= 11 is 0. The van der Waals surface area contributed by atoms with Crippen molar-refractivity contribution >= 4 is 5.71 Å². The predicted octanol–water partition coefficient (Wildman–Crippen LogP) is 3.33. The third kappa shape index (κ3) is 3.91. The zero-order chi connectivity index (χ0) is 10.2. The lowest BCUT2D eigenvalue weighted by Gasteiger charge is -2.17. The number of hydrogen-bond donors (Lipinski definition) is 0. The first kappa shape index (κ1) is 11.2. The van der Waals surface area contributed by atoms with Gasteiger partial charge in [0.2, 0.25) is 0 Å². The van der Waals surface area contributed by atoms with Gasteiger partial charge in [-0.2, -0.15) is 5.26 Å². The third-order valence-electron chi connectivity index (χ3n) is 2.78. The lowest BCUT2D eigenvalue weighted by Crippen LogP contribution is -2.14. The second-order valence-electron chi connectivity index (χ2n) is 4.08. The molecule has 0 aromatic carbocycles. The number of nitriles is 1. The highest BCUT2D eigenvalue weighted by molar-refractivity contribution is 5.85. The largest absolute Gasteiger partial charge is 0.294 e. The van der Waals surface area contributed by atoms with E-state index >= 15 is 0 Å². The maximum Gasteiger partial charge on any atom is 0.0659 e. The minimum absolute atomic E-state index is 0.244. The molecule has 14 heavy (non-hydrogen) atoms. The van der Waals surface area contributed by atoms with E-state index in [1.165, 1.54) is 25.0 Å². The normalized spacial score (nSPS) is 24.9.